The van der Waals surface area contributed by atoms with Gasteiger partial charge in [0.05, 0.1) is 12.2 Å². The smallest absolute Gasteiger partial charge is 0.203 e. The summed E-state index contributed by atoms with van der Waals surface area (Å²) in [5.74, 6) is 1.88. The Morgan fingerprint density at radius 1 is 1.40 bits per heavy atom. The van der Waals surface area contributed by atoms with Crippen LogP contribution in [0.2, 0.25) is 0 Å². The maximum absolute atomic E-state index is 5.37. The van der Waals surface area contributed by atoms with Gasteiger partial charge in [-0.25, -0.2) is 9.97 Å². The Morgan fingerprint density at radius 2 is 2.25 bits per heavy atom. The standard InChI is InChI=1S/C14H23N5O/c1-4-20-9-5-7-19-11-12(2)17-14(19)16-10-13-15-6-8-18(13)3/h6,8,11H,4-5,7,9-10H2,1-3H3,(H,16,17). The Labute approximate surface area is 119 Å². The van der Waals surface area contributed by atoms with Crippen molar-refractivity contribution in [2.75, 3.05) is 18.5 Å². The van der Waals surface area contributed by atoms with Crippen LogP contribution in [0.1, 0.15) is 24.9 Å². The second-order valence-corrected chi connectivity index (χ2v) is 4.76. The lowest BCUT2D eigenvalue weighted by molar-refractivity contribution is 0.142. The van der Waals surface area contributed by atoms with Crippen molar-refractivity contribution in [1.29, 1.82) is 0 Å². The molecule has 0 radical (unpaired) electrons. The minimum absolute atomic E-state index is 0.672. The van der Waals surface area contributed by atoms with Crippen LogP contribution in [0, 0.1) is 6.92 Å². The average Bonchev–Trinajstić information content (AvgIpc) is 2.98. The van der Waals surface area contributed by atoms with E-state index in [4.69, 9.17) is 4.74 Å². The predicted molar refractivity (Wildman–Crippen MR) is 78.6 cm³/mol. The Kier molecular flexibility index (Phi) is 5.17. The molecule has 6 nitrogen and oxygen atoms in total. The normalized spacial score (nSPS) is 10.9. The van der Waals surface area contributed by atoms with Gasteiger partial charge >= 0.3 is 0 Å². The maximum atomic E-state index is 5.37. The minimum atomic E-state index is 0.672. The van der Waals surface area contributed by atoms with E-state index in [9.17, 15) is 0 Å². The van der Waals surface area contributed by atoms with Crippen LogP contribution in [0.4, 0.5) is 5.95 Å². The number of rotatable bonds is 8. The number of anilines is 1. The van der Waals surface area contributed by atoms with Crippen LogP contribution in [0.3, 0.4) is 0 Å². The van der Waals surface area contributed by atoms with Crippen molar-refractivity contribution < 1.29 is 4.74 Å². The molecule has 0 aliphatic heterocycles. The van der Waals surface area contributed by atoms with Crippen molar-refractivity contribution in [3.8, 4) is 0 Å². The number of ether oxygens (including phenoxy) is 1. The van der Waals surface area contributed by atoms with Gasteiger partial charge in [0.1, 0.15) is 5.82 Å². The molecule has 0 bridgehead atoms. The fraction of sp³-hybridized carbons (Fsp3) is 0.571. The number of hydrogen-bond acceptors (Lipinski definition) is 4. The fourth-order valence-corrected chi connectivity index (χ4v) is 2.06. The molecule has 2 heterocycles. The van der Waals surface area contributed by atoms with E-state index in [1.807, 2.05) is 31.7 Å². The summed E-state index contributed by atoms with van der Waals surface area (Å²) in [6, 6.07) is 0. The summed E-state index contributed by atoms with van der Waals surface area (Å²) < 4.78 is 9.51. The van der Waals surface area contributed by atoms with Crippen LogP contribution in [0.5, 0.6) is 0 Å². The molecule has 0 fully saturated rings. The Hall–Kier alpha value is -1.82. The van der Waals surface area contributed by atoms with Gasteiger partial charge in [-0.05, 0) is 20.3 Å². The van der Waals surface area contributed by atoms with Crippen LogP contribution in [0.15, 0.2) is 18.6 Å². The molecule has 0 spiro atoms. The molecule has 0 amide bonds. The van der Waals surface area contributed by atoms with Crippen LogP contribution in [-0.2, 0) is 24.9 Å². The highest BCUT2D eigenvalue weighted by molar-refractivity contribution is 5.29. The summed E-state index contributed by atoms with van der Waals surface area (Å²) in [5.41, 5.74) is 1.02. The Bertz CT molecular complexity index is 531. The van der Waals surface area contributed by atoms with Crippen molar-refractivity contribution >= 4 is 5.95 Å². The van der Waals surface area contributed by atoms with Crippen molar-refractivity contribution in [1.82, 2.24) is 19.1 Å². The zero-order chi connectivity index (χ0) is 14.4. The fourth-order valence-electron chi connectivity index (χ4n) is 2.06. The van der Waals surface area contributed by atoms with Gasteiger partial charge in [-0.3, -0.25) is 0 Å². The molecular formula is C14H23N5O. The van der Waals surface area contributed by atoms with Gasteiger partial charge in [0.15, 0.2) is 0 Å². The maximum Gasteiger partial charge on any atom is 0.203 e. The van der Waals surface area contributed by atoms with E-state index in [1.165, 1.54) is 0 Å². The van der Waals surface area contributed by atoms with Crippen LogP contribution >= 0.6 is 0 Å². The first-order chi connectivity index (χ1) is 9.70. The van der Waals surface area contributed by atoms with Gasteiger partial charge in [0.25, 0.3) is 0 Å². The van der Waals surface area contributed by atoms with Gasteiger partial charge in [-0.1, -0.05) is 0 Å². The molecule has 0 unspecified atom stereocenters. The lowest BCUT2D eigenvalue weighted by Gasteiger charge is -2.09. The first-order valence-electron chi connectivity index (χ1n) is 7.02. The summed E-state index contributed by atoms with van der Waals surface area (Å²) in [6.45, 7) is 7.15. The molecule has 0 aliphatic carbocycles. The molecular weight excluding hydrogens is 254 g/mol. The molecule has 0 saturated heterocycles. The van der Waals surface area contributed by atoms with Crippen molar-refractivity contribution in [2.24, 2.45) is 7.05 Å². The molecule has 0 aliphatic rings. The monoisotopic (exact) mass is 277 g/mol. The van der Waals surface area contributed by atoms with Crippen molar-refractivity contribution in [2.45, 2.75) is 33.4 Å². The largest absolute Gasteiger partial charge is 0.382 e. The highest BCUT2D eigenvalue weighted by Crippen LogP contribution is 2.10. The zero-order valence-electron chi connectivity index (χ0n) is 12.5. The average molecular weight is 277 g/mol. The summed E-state index contributed by atoms with van der Waals surface area (Å²) in [7, 11) is 1.99. The van der Waals surface area contributed by atoms with Crippen LogP contribution < -0.4 is 5.32 Å². The van der Waals surface area contributed by atoms with E-state index < -0.39 is 0 Å². The molecule has 110 valence electrons. The van der Waals surface area contributed by atoms with Gasteiger partial charge < -0.3 is 19.2 Å². The summed E-state index contributed by atoms with van der Waals surface area (Å²) in [4.78, 5) is 8.81. The number of nitrogens with zero attached hydrogens (tertiary/aromatic N) is 4. The highest BCUT2D eigenvalue weighted by Gasteiger charge is 2.06. The van der Waals surface area contributed by atoms with Gasteiger partial charge in [0.2, 0.25) is 5.95 Å². The van der Waals surface area contributed by atoms with E-state index in [-0.39, 0.29) is 0 Å². The molecule has 0 saturated carbocycles. The quantitative estimate of drug-likeness (QED) is 0.749. The predicted octanol–water partition coefficient (Wildman–Crippen LogP) is 1.96. The molecule has 2 aromatic rings. The minimum Gasteiger partial charge on any atom is -0.382 e. The van der Waals surface area contributed by atoms with E-state index in [0.29, 0.717) is 6.54 Å². The van der Waals surface area contributed by atoms with E-state index in [1.54, 1.807) is 6.20 Å². The molecule has 0 atom stereocenters. The van der Waals surface area contributed by atoms with E-state index in [0.717, 1.165) is 43.6 Å². The van der Waals surface area contributed by atoms with Gasteiger partial charge in [0, 0.05) is 45.4 Å². The SMILES string of the molecule is CCOCCCn1cc(C)nc1NCc1nccn1C. The third-order valence-electron chi connectivity index (χ3n) is 3.11. The van der Waals surface area contributed by atoms with Crippen molar-refractivity contribution in [3.63, 3.8) is 0 Å². The second-order valence-electron chi connectivity index (χ2n) is 4.76. The van der Waals surface area contributed by atoms with Gasteiger partial charge in [-0.2, -0.15) is 0 Å². The third kappa shape index (κ3) is 3.84. The lowest BCUT2D eigenvalue weighted by Crippen LogP contribution is -2.11. The highest BCUT2D eigenvalue weighted by atomic mass is 16.5. The second kappa shape index (κ2) is 7.09. The first-order valence-corrected chi connectivity index (χ1v) is 7.02. The summed E-state index contributed by atoms with van der Waals surface area (Å²) in [5, 5.41) is 3.35. The van der Waals surface area contributed by atoms with E-state index in [2.05, 4.69) is 26.0 Å². The van der Waals surface area contributed by atoms with E-state index >= 15 is 0 Å². The number of aryl methyl sites for hydroxylation is 3. The molecule has 6 heteroatoms. The van der Waals surface area contributed by atoms with Crippen molar-refractivity contribution in [3.05, 3.63) is 30.1 Å². The Morgan fingerprint density at radius 3 is 2.95 bits per heavy atom. The molecule has 0 aromatic carbocycles. The molecule has 2 rings (SSSR count). The topological polar surface area (TPSA) is 56.9 Å². The Balaban J connectivity index is 1.91. The molecule has 2 aromatic heterocycles. The van der Waals surface area contributed by atoms with Crippen LogP contribution in [-0.4, -0.2) is 32.3 Å². The van der Waals surface area contributed by atoms with Gasteiger partial charge in [-0.15, -0.1) is 0 Å². The number of aromatic nitrogens is 4. The summed E-state index contributed by atoms with van der Waals surface area (Å²) in [6.07, 6.45) is 6.79. The molecule has 20 heavy (non-hydrogen) atoms. The molecule has 1 N–H and O–H groups in total. The number of hydrogen-bond donors (Lipinski definition) is 1. The number of imidazole rings is 2. The summed E-state index contributed by atoms with van der Waals surface area (Å²) >= 11 is 0. The first kappa shape index (κ1) is 14.6. The number of nitrogens with one attached hydrogen (secondary N) is 1. The lowest BCUT2D eigenvalue weighted by atomic mass is 10.4. The van der Waals surface area contributed by atoms with Crippen LogP contribution in [0.25, 0.3) is 0 Å². The third-order valence-corrected chi connectivity index (χ3v) is 3.11. The zero-order valence-corrected chi connectivity index (χ0v) is 12.5.